The molecule has 64 valence electrons. The molecule has 0 aromatic heterocycles. The van der Waals surface area contributed by atoms with E-state index in [-0.39, 0.29) is 24.1 Å². The first-order chi connectivity index (χ1) is 6.17. The predicted octanol–water partition coefficient (Wildman–Crippen LogP) is -0.697. The highest BCUT2D eigenvalue weighted by molar-refractivity contribution is 6.16. The molecular weight excluding hydrogens is 170 g/mol. The largest absolute Gasteiger partial charge is 0.334 e. The van der Waals surface area contributed by atoms with E-state index in [0.29, 0.717) is 0 Å². The Morgan fingerprint density at radius 3 is 2.62 bits per heavy atom. The molecule has 1 aliphatic rings. The zero-order valence-electron chi connectivity index (χ0n) is 6.85. The number of carbonyl (C=O) groups excluding carboxylic acids is 1. The average molecular weight is 175 g/mol. The van der Waals surface area contributed by atoms with Crippen LogP contribution in [0.25, 0.3) is 0 Å². The summed E-state index contributed by atoms with van der Waals surface area (Å²) in [4.78, 5) is 19.3. The van der Waals surface area contributed by atoms with Gasteiger partial charge in [0.2, 0.25) is 11.7 Å². The Bertz CT molecular complexity index is 365. The van der Waals surface area contributed by atoms with E-state index >= 15 is 0 Å². The van der Waals surface area contributed by atoms with Crippen LogP contribution in [0.4, 0.5) is 0 Å². The molecule has 0 aromatic carbocycles. The zero-order chi connectivity index (χ0) is 9.84. The smallest absolute Gasteiger partial charge is 0.268 e. The Hall–Kier alpha value is -2.21. The fraction of sp³-hybridized carbons (Fsp3) is 0.286. The lowest BCUT2D eigenvalue weighted by Gasteiger charge is -2.06. The third kappa shape index (κ3) is 1.88. The summed E-state index contributed by atoms with van der Waals surface area (Å²) in [5.74, 6) is -0.209. The molecule has 0 unspecified atom stereocenters. The summed E-state index contributed by atoms with van der Waals surface area (Å²) in [6, 6.07) is 3.17. The summed E-state index contributed by atoms with van der Waals surface area (Å²) < 4.78 is 0. The second kappa shape index (κ2) is 3.46. The number of amides is 1. The first-order valence-electron chi connectivity index (χ1n) is 3.39. The van der Waals surface area contributed by atoms with E-state index in [1.54, 1.807) is 19.2 Å². The number of hydrogen-bond acceptors (Lipinski definition) is 5. The molecule has 6 nitrogen and oxygen atoms in total. The molecule has 6 heteroatoms. The number of nitriles is 2. The molecule has 1 amide bonds. The molecule has 0 aliphatic carbocycles. The van der Waals surface area contributed by atoms with Gasteiger partial charge in [0, 0.05) is 7.05 Å². The van der Waals surface area contributed by atoms with Crippen molar-refractivity contribution in [3.63, 3.8) is 0 Å². The monoisotopic (exact) mass is 175 g/mol. The van der Waals surface area contributed by atoms with Gasteiger partial charge >= 0.3 is 0 Å². The van der Waals surface area contributed by atoms with Crippen LogP contribution in [0.3, 0.4) is 0 Å². The maximum atomic E-state index is 10.8. The highest BCUT2D eigenvalue weighted by atomic mass is 16.2. The van der Waals surface area contributed by atoms with E-state index in [0.717, 1.165) is 0 Å². The maximum absolute atomic E-state index is 10.8. The summed E-state index contributed by atoms with van der Waals surface area (Å²) in [6.45, 7) is 0.142. The first kappa shape index (κ1) is 8.88. The van der Waals surface area contributed by atoms with Crippen molar-refractivity contribution in [3.8, 4) is 12.1 Å². The van der Waals surface area contributed by atoms with Gasteiger partial charge in [0.1, 0.15) is 18.7 Å². The third-order valence-electron chi connectivity index (χ3n) is 1.36. The summed E-state index contributed by atoms with van der Waals surface area (Å²) >= 11 is 0. The van der Waals surface area contributed by atoms with Crippen molar-refractivity contribution in [1.29, 1.82) is 10.5 Å². The van der Waals surface area contributed by atoms with Crippen LogP contribution in [0.1, 0.15) is 0 Å². The fourth-order valence-corrected chi connectivity index (χ4v) is 0.791. The van der Waals surface area contributed by atoms with E-state index < -0.39 is 0 Å². The molecule has 0 saturated heterocycles. The van der Waals surface area contributed by atoms with Crippen LogP contribution in [-0.4, -0.2) is 36.1 Å². The van der Waals surface area contributed by atoms with Crippen molar-refractivity contribution < 1.29 is 4.79 Å². The second-order valence-corrected chi connectivity index (χ2v) is 2.35. The van der Waals surface area contributed by atoms with E-state index in [1.165, 1.54) is 4.90 Å². The summed E-state index contributed by atoms with van der Waals surface area (Å²) in [5, 5.41) is 16.8. The van der Waals surface area contributed by atoms with Crippen molar-refractivity contribution in [3.05, 3.63) is 0 Å². The topological polar surface area (TPSA) is 92.6 Å². The van der Waals surface area contributed by atoms with Crippen molar-refractivity contribution in [2.24, 2.45) is 9.98 Å². The Labute approximate surface area is 74.4 Å². The molecule has 0 atom stereocenters. The van der Waals surface area contributed by atoms with Gasteiger partial charge in [-0.25, -0.2) is 0 Å². The molecule has 1 aliphatic heterocycles. The fourth-order valence-electron chi connectivity index (χ4n) is 0.791. The van der Waals surface area contributed by atoms with Gasteiger partial charge in [0.05, 0.1) is 0 Å². The first-order valence-corrected chi connectivity index (χ1v) is 3.39. The van der Waals surface area contributed by atoms with Gasteiger partial charge in [-0.05, 0) is 0 Å². The van der Waals surface area contributed by atoms with Gasteiger partial charge in [0.15, 0.2) is 0 Å². The lowest BCUT2D eigenvalue weighted by molar-refractivity contribution is -0.116. The molecule has 13 heavy (non-hydrogen) atoms. The van der Waals surface area contributed by atoms with Gasteiger partial charge in [0.25, 0.3) is 5.91 Å². The number of nitrogens with zero attached hydrogens (tertiary/aromatic N) is 5. The van der Waals surface area contributed by atoms with Crippen LogP contribution >= 0.6 is 0 Å². The summed E-state index contributed by atoms with van der Waals surface area (Å²) in [7, 11) is 1.61. The van der Waals surface area contributed by atoms with Crippen LogP contribution in [0.5, 0.6) is 0 Å². The maximum Gasteiger partial charge on any atom is 0.268 e. The summed E-state index contributed by atoms with van der Waals surface area (Å²) in [5.41, 5.74) is -0.305. The Balaban J connectivity index is 2.94. The van der Waals surface area contributed by atoms with Crippen molar-refractivity contribution in [2.75, 3.05) is 13.6 Å². The van der Waals surface area contributed by atoms with Crippen molar-refractivity contribution in [2.45, 2.75) is 0 Å². The Morgan fingerprint density at radius 2 is 2.23 bits per heavy atom. The number of hydrogen-bond donors (Lipinski definition) is 0. The van der Waals surface area contributed by atoms with E-state index in [4.69, 9.17) is 10.5 Å². The van der Waals surface area contributed by atoms with E-state index in [9.17, 15) is 4.79 Å². The molecule has 0 bridgehead atoms. The molecule has 0 spiro atoms. The van der Waals surface area contributed by atoms with Crippen LogP contribution < -0.4 is 0 Å². The van der Waals surface area contributed by atoms with Gasteiger partial charge < -0.3 is 4.90 Å². The van der Waals surface area contributed by atoms with E-state index in [1.807, 2.05) is 0 Å². The predicted molar refractivity (Wildman–Crippen MR) is 43.7 cm³/mol. The minimum Gasteiger partial charge on any atom is -0.334 e. The van der Waals surface area contributed by atoms with Crippen LogP contribution in [-0.2, 0) is 4.79 Å². The zero-order valence-corrected chi connectivity index (χ0v) is 6.85. The Kier molecular flexibility index (Phi) is 2.36. The van der Waals surface area contributed by atoms with Gasteiger partial charge in [-0.2, -0.15) is 20.5 Å². The number of rotatable bonds is 0. The molecule has 0 fully saturated rings. The van der Waals surface area contributed by atoms with Gasteiger partial charge in [-0.15, -0.1) is 0 Å². The van der Waals surface area contributed by atoms with Gasteiger partial charge in [-0.1, -0.05) is 0 Å². The molecule has 1 heterocycles. The SMILES string of the molecule is CN1CC(=O)N=C1N=C(C#N)C#N. The lowest BCUT2D eigenvalue weighted by atomic mass is 10.5. The summed E-state index contributed by atoms with van der Waals surface area (Å²) in [6.07, 6.45) is 0. The molecular formula is C7H5N5O. The normalized spacial score (nSPS) is 14.5. The molecule has 0 aromatic rings. The third-order valence-corrected chi connectivity index (χ3v) is 1.36. The van der Waals surface area contributed by atoms with Crippen molar-refractivity contribution >= 4 is 17.6 Å². The molecule has 0 radical (unpaired) electrons. The average Bonchev–Trinajstić information content (AvgIpc) is 2.41. The second-order valence-electron chi connectivity index (χ2n) is 2.35. The number of likely N-dealkylation sites (N-methyl/N-ethyl adjacent to an activating group) is 1. The van der Waals surface area contributed by atoms with E-state index in [2.05, 4.69) is 9.98 Å². The minimum absolute atomic E-state index is 0.114. The quantitative estimate of drug-likeness (QED) is 0.455. The highest BCUT2D eigenvalue weighted by Gasteiger charge is 2.19. The number of guanidine groups is 1. The van der Waals surface area contributed by atoms with Gasteiger partial charge in [-0.3, -0.25) is 4.79 Å². The number of aliphatic imine (C=N–C) groups is 2. The molecule has 1 rings (SSSR count). The van der Waals surface area contributed by atoms with Crippen LogP contribution in [0.2, 0.25) is 0 Å². The molecule has 0 saturated carbocycles. The highest BCUT2D eigenvalue weighted by Crippen LogP contribution is 2.00. The standard InChI is InChI=1S/C7H5N5O/c1-12-4-6(13)11-7(12)10-5(2-8)3-9/h4H2,1H3. The Morgan fingerprint density at radius 1 is 1.62 bits per heavy atom. The molecule has 0 N–H and O–H groups in total. The minimum atomic E-state index is -0.323. The number of carbonyl (C=O) groups is 1. The lowest BCUT2D eigenvalue weighted by Crippen LogP contribution is -2.22. The van der Waals surface area contributed by atoms with Crippen LogP contribution in [0.15, 0.2) is 9.98 Å². The van der Waals surface area contributed by atoms with Crippen LogP contribution in [0, 0.1) is 22.7 Å². The van der Waals surface area contributed by atoms with Crippen molar-refractivity contribution in [1.82, 2.24) is 4.90 Å².